The molecule has 0 bridgehead atoms. The average molecular weight is 251 g/mol. The van der Waals surface area contributed by atoms with E-state index >= 15 is 0 Å². The van der Waals surface area contributed by atoms with Crippen molar-refractivity contribution in [3.8, 4) is 0 Å². The molecule has 102 valence electrons. The van der Waals surface area contributed by atoms with Crippen LogP contribution in [0.15, 0.2) is 23.8 Å². The van der Waals surface area contributed by atoms with E-state index in [1.54, 1.807) is 0 Å². The second-order valence-corrected chi connectivity index (χ2v) is 4.82. The molecule has 1 aliphatic rings. The van der Waals surface area contributed by atoms with Crippen molar-refractivity contribution in [1.82, 2.24) is 5.32 Å². The van der Waals surface area contributed by atoms with Crippen molar-refractivity contribution in [2.24, 2.45) is 5.41 Å². The minimum Gasteiger partial charge on any atom is -0.466 e. The molecule has 1 atom stereocenters. The van der Waals surface area contributed by atoms with Gasteiger partial charge in [0.25, 0.3) is 0 Å². The summed E-state index contributed by atoms with van der Waals surface area (Å²) >= 11 is 0. The predicted molar refractivity (Wildman–Crippen MR) is 74.4 cm³/mol. The van der Waals surface area contributed by atoms with Gasteiger partial charge < -0.3 is 10.1 Å². The molecule has 1 aliphatic heterocycles. The fourth-order valence-corrected chi connectivity index (χ4v) is 2.51. The van der Waals surface area contributed by atoms with Gasteiger partial charge in [-0.3, -0.25) is 4.79 Å². The van der Waals surface area contributed by atoms with E-state index in [4.69, 9.17) is 4.74 Å². The molecular weight excluding hydrogens is 226 g/mol. The second kappa shape index (κ2) is 7.37. The number of hydrogen-bond acceptors (Lipinski definition) is 3. The second-order valence-electron chi connectivity index (χ2n) is 4.82. The van der Waals surface area contributed by atoms with Crippen LogP contribution < -0.4 is 5.32 Å². The summed E-state index contributed by atoms with van der Waals surface area (Å²) in [4.78, 5) is 12.3. The lowest BCUT2D eigenvalue weighted by atomic mass is 9.75. The van der Waals surface area contributed by atoms with Crippen molar-refractivity contribution >= 4 is 5.97 Å². The third kappa shape index (κ3) is 3.70. The summed E-state index contributed by atoms with van der Waals surface area (Å²) < 4.78 is 5.28. The maximum atomic E-state index is 12.3. The Hall–Kier alpha value is -1.09. The van der Waals surface area contributed by atoms with E-state index < -0.39 is 0 Å². The van der Waals surface area contributed by atoms with Crippen LogP contribution in [-0.2, 0) is 9.53 Å². The lowest BCUT2D eigenvalue weighted by Crippen LogP contribution is -2.46. The molecule has 0 aromatic heterocycles. The minimum atomic E-state index is -0.379. The highest BCUT2D eigenvalue weighted by atomic mass is 16.5. The summed E-state index contributed by atoms with van der Waals surface area (Å²) in [6.07, 6.45) is 8.88. The SMILES string of the molecule is C/C=C\C(=C/C)CC1(C(=O)OCC)CCCNC1. The van der Waals surface area contributed by atoms with Crippen LogP contribution in [-0.4, -0.2) is 25.7 Å². The quantitative estimate of drug-likeness (QED) is 0.603. The molecular formula is C15H25NO2. The van der Waals surface area contributed by atoms with Crippen molar-refractivity contribution in [3.05, 3.63) is 23.8 Å². The number of rotatable bonds is 5. The zero-order chi connectivity index (χ0) is 13.4. The fourth-order valence-electron chi connectivity index (χ4n) is 2.51. The van der Waals surface area contributed by atoms with Gasteiger partial charge in [-0.1, -0.05) is 23.8 Å². The van der Waals surface area contributed by atoms with Gasteiger partial charge in [-0.05, 0) is 46.6 Å². The zero-order valence-electron chi connectivity index (χ0n) is 11.8. The number of ether oxygens (including phenoxy) is 1. The van der Waals surface area contributed by atoms with E-state index in [1.807, 2.05) is 26.8 Å². The molecule has 3 nitrogen and oxygen atoms in total. The van der Waals surface area contributed by atoms with Gasteiger partial charge in [0.15, 0.2) is 0 Å². The molecule has 0 aromatic rings. The molecule has 1 saturated heterocycles. The maximum Gasteiger partial charge on any atom is 0.313 e. The Labute approximate surface area is 110 Å². The van der Waals surface area contributed by atoms with Gasteiger partial charge in [0.2, 0.25) is 0 Å². The molecule has 1 heterocycles. The molecule has 1 N–H and O–H groups in total. The Bertz CT molecular complexity index is 325. The van der Waals surface area contributed by atoms with Crippen LogP contribution >= 0.6 is 0 Å². The Morgan fingerprint density at radius 3 is 2.72 bits per heavy atom. The molecule has 0 amide bonds. The first-order valence-electron chi connectivity index (χ1n) is 6.84. The van der Waals surface area contributed by atoms with E-state index in [0.29, 0.717) is 6.61 Å². The zero-order valence-corrected chi connectivity index (χ0v) is 11.8. The summed E-state index contributed by atoms with van der Waals surface area (Å²) in [5.41, 5.74) is 0.824. The molecule has 3 heteroatoms. The Morgan fingerprint density at radius 1 is 1.44 bits per heavy atom. The van der Waals surface area contributed by atoms with Crippen LogP contribution in [0.25, 0.3) is 0 Å². The monoisotopic (exact) mass is 251 g/mol. The topological polar surface area (TPSA) is 38.3 Å². The van der Waals surface area contributed by atoms with Crippen LogP contribution in [0.4, 0.5) is 0 Å². The molecule has 0 aromatic carbocycles. The molecule has 0 spiro atoms. The number of piperidine rings is 1. The molecule has 0 radical (unpaired) electrons. The van der Waals surface area contributed by atoms with Crippen molar-refractivity contribution < 1.29 is 9.53 Å². The molecule has 1 rings (SSSR count). The van der Waals surface area contributed by atoms with Gasteiger partial charge in [0, 0.05) is 6.54 Å². The lowest BCUT2D eigenvalue weighted by molar-refractivity contribution is -0.156. The van der Waals surface area contributed by atoms with E-state index in [9.17, 15) is 4.79 Å². The van der Waals surface area contributed by atoms with Gasteiger partial charge in [-0.25, -0.2) is 0 Å². The third-order valence-electron chi connectivity index (χ3n) is 3.47. The van der Waals surface area contributed by atoms with Gasteiger partial charge in [0.05, 0.1) is 12.0 Å². The summed E-state index contributed by atoms with van der Waals surface area (Å²) in [5.74, 6) is -0.0546. The molecule has 0 aliphatic carbocycles. The molecule has 1 fully saturated rings. The van der Waals surface area contributed by atoms with Crippen LogP contribution in [0.5, 0.6) is 0 Å². The van der Waals surface area contributed by atoms with Crippen LogP contribution in [0.1, 0.15) is 40.0 Å². The van der Waals surface area contributed by atoms with Crippen molar-refractivity contribution in [1.29, 1.82) is 0 Å². The number of allylic oxidation sites excluding steroid dienone is 4. The number of carbonyl (C=O) groups is 1. The largest absolute Gasteiger partial charge is 0.466 e. The maximum absolute atomic E-state index is 12.3. The van der Waals surface area contributed by atoms with Crippen molar-refractivity contribution in [2.45, 2.75) is 40.0 Å². The number of esters is 1. The van der Waals surface area contributed by atoms with E-state index in [-0.39, 0.29) is 11.4 Å². The summed E-state index contributed by atoms with van der Waals surface area (Å²) in [7, 11) is 0. The van der Waals surface area contributed by atoms with E-state index in [1.165, 1.54) is 5.57 Å². The number of hydrogen-bond donors (Lipinski definition) is 1. The Kier molecular flexibility index (Phi) is 6.13. The van der Waals surface area contributed by atoms with E-state index in [2.05, 4.69) is 17.5 Å². The molecule has 1 unspecified atom stereocenters. The average Bonchev–Trinajstić information content (AvgIpc) is 2.39. The minimum absolute atomic E-state index is 0.0546. The molecule has 18 heavy (non-hydrogen) atoms. The first-order valence-corrected chi connectivity index (χ1v) is 6.84. The fraction of sp³-hybridized carbons (Fsp3) is 0.667. The highest BCUT2D eigenvalue weighted by molar-refractivity contribution is 5.78. The smallest absolute Gasteiger partial charge is 0.313 e. The van der Waals surface area contributed by atoms with Gasteiger partial charge in [-0.15, -0.1) is 0 Å². The Morgan fingerprint density at radius 2 is 2.22 bits per heavy atom. The van der Waals surface area contributed by atoms with E-state index in [0.717, 1.165) is 32.4 Å². The van der Waals surface area contributed by atoms with Crippen molar-refractivity contribution in [3.63, 3.8) is 0 Å². The standard InChI is InChI=1S/C15H25NO2/c1-4-8-13(5-2)11-15(14(17)18-6-3)9-7-10-16-12-15/h4-5,8,16H,6-7,9-12H2,1-3H3/b8-4-,13-5+. The normalized spacial score (nSPS) is 25.4. The highest BCUT2D eigenvalue weighted by Crippen LogP contribution is 2.35. The number of carbonyl (C=O) groups excluding carboxylic acids is 1. The van der Waals surface area contributed by atoms with Gasteiger partial charge >= 0.3 is 5.97 Å². The van der Waals surface area contributed by atoms with Crippen molar-refractivity contribution in [2.75, 3.05) is 19.7 Å². The lowest BCUT2D eigenvalue weighted by Gasteiger charge is -2.35. The summed E-state index contributed by atoms with van der Waals surface area (Å²) in [5, 5.41) is 3.33. The van der Waals surface area contributed by atoms with Gasteiger partial charge in [0.1, 0.15) is 0 Å². The Balaban J connectivity index is 2.86. The van der Waals surface area contributed by atoms with Gasteiger partial charge in [-0.2, -0.15) is 0 Å². The first kappa shape index (κ1) is 15.0. The highest BCUT2D eigenvalue weighted by Gasteiger charge is 2.41. The molecule has 0 saturated carbocycles. The van der Waals surface area contributed by atoms with Crippen LogP contribution in [0, 0.1) is 5.41 Å². The van der Waals surface area contributed by atoms with Crippen LogP contribution in [0.2, 0.25) is 0 Å². The van der Waals surface area contributed by atoms with Crippen LogP contribution in [0.3, 0.4) is 0 Å². The number of nitrogens with one attached hydrogen (secondary N) is 1. The third-order valence-corrected chi connectivity index (χ3v) is 3.47. The predicted octanol–water partition coefficient (Wildman–Crippen LogP) is 2.83. The summed E-state index contributed by atoms with van der Waals surface area (Å²) in [6, 6.07) is 0. The first-order chi connectivity index (χ1) is 8.68. The summed E-state index contributed by atoms with van der Waals surface area (Å²) in [6.45, 7) is 8.06.